The molecule has 2 aromatic carbocycles. The fourth-order valence-electron chi connectivity index (χ4n) is 4.65. The zero-order chi connectivity index (χ0) is 27.1. The van der Waals surface area contributed by atoms with Crippen LogP contribution in [-0.2, 0) is 6.61 Å². The molecule has 0 fully saturated rings. The van der Waals surface area contributed by atoms with E-state index in [4.69, 9.17) is 9.72 Å². The van der Waals surface area contributed by atoms with Gasteiger partial charge in [0.15, 0.2) is 11.6 Å². The maximum Gasteiger partial charge on any atom is 0.169 e. The lowest BCUT2D eigenvalue weighted by Crippen LogP contribution is -1.95. The number of hydrogen-bond acceptors (Lipinski definition) is 7. The maximum absolute atomic E-state index is 11.8. The molecule has 9 heteroatoms. The lowest BCUT2D eigenvalue weighted by atomic mass is 10.0. The van der Waals surface area contributed by atoms with Crippen LogP contribution >= 0.6 is 11.3 Å². The molecule has 5 aromatic heterocycles. The number of hydrogen-bond donors (Lipinski definition) is 2. The predicted molar refractivity (Wildman–Crippen MR) is 156 cm³/mol. The second-order valence-electron chi connectivity index (χ2n) is 9.38. The van der Waals surface area contributed by atoms with E-state index >= 15 is 0 Å². The number of ketones is 1. The summed E-state index contributed by atoms with van der Waals surface area (Å²) in [4.78, 5) is 30.7. The molecule has 0 saturated heterocycles. The number of Topliss-reactive ketones (excluding diaryl/α,β-unsaturated/α-hetero) is 1. The minimum atomic E-state index is 0.0356. The molecular weight excluding hydrogens is 520 g/mol. The van der Waals surface area contributed by atoms with E-state index in [1.807, 2.05) is 72.9 Å². The number of aromatic amines is 2. The molecule has 0 aliphatic heterocycles. The third-order valence-electron chi connectivity index (χ3n) is 6.67. The van der Waals surface area contributed by atoms with Crippen molar-refractivity contribution in [2.24, 2.45) is 0 Å². The standard InChI is InChI=1S/C31H22N6O2S/c1-18(38)26-9-10-27(40-26)30-29-25(11-12-33-30)34-31(35-29)28-23-14-20(7-8-24(23)36-37-28)21-13-22(16-32-15-21)39-17-19-5-3-2-4-6-19/h2-16H,17H2,1H3,(H,34,35)(H,36,37). The molecular formula is C31H22N6O2S. The van der Waals surface area contributed by atoms with Crippen LogP contribution in [0.4, 0.5) is 0 Å². The van der Waals surface area contributed by atoms with Crippen molar-refractivity contribution in [2.45, 2.75) is 13.5 Å². The molecule has 40 heavy (non-hydrogen) atoms. The minimum Gasteiger partial charge on any atom is -0.487 e. The Morgan fingerprint density at radius 3 is 2.67 bits per heavy atom. The number of benzene rings is 2. The van der Waals surface area contributed by atoms with Crippen molar-refractivity contribution in [3.8, 4) is 39.0 Å². The Bertz CT molecular complexity index is 2010. The largest absolute Gasteiger partial charge is 0.487 e. The van der Waals surface area contributed by atoms with E-state index in [2.05, 4.69) is 31.2 Å². The topological polar surface area (TPSA) is 109 Å². The quantitative estimate of drug-likeness (QED) is 0.208. The summed E-state index contributed by atoms with van der Waals surface area (Å²) in [7, 11) is 0. The van der Waals surface area contributed by atoms with E-state index in [-0.39, 0.29) is 5.78 Å². The number of fused-ring (bicyclic) bond motifs is 2. The van der Waals surface area contributed by atoms with Crippen LogP contribution < -0.4 is 4.74 Å². The van der Waals surface area contributed by atoms with Gasteiger partial charge in [-0.15, -0.1) is 11.3 Å². The van der Waals surface area contributed by atoms with Crippen molar-refractivity contribution in [1.29, 1.82) is 0 Å². The Morgan fingerprint density at radius 2 is 1.82 bits per heavy atom. The molecule has 7 rings (SSSR count). The van der Waals surface area contributed by atoms with E-state index in [1.165, 1.54) is 11.3 Å². The fraction of sp³-hybridized carbons (Fsp3) is 0.0645. The van der Waals surface area contributed by atoms with Gasteiger partial charge in [0.1, 0.15) is 29.3 Å². The first kappa shape index (κ1) is 23.9. The van der Waals surface area contributed by atoms with Gasteiger partial charge in [-0.1, -0.05) is 36.4 Å². The molecule has 0 atom stereocenters. The highest BCUT2D eigenvalue weighted by Crippen LogP contribution is 2.35. The van der Waals surface area contributed by atoms with Crippen molar-refractivity contribution < 1.29 is 9.53 Å². The van der Waals surface area contributed by atoms with Gasteiger partial charge in [0.2, 0.25) is 0 Å². The summed E-state index contributed by atoms with van der Waals surface area (Å²) in [6, 6.07) is 23.8. The van der Waals surface area contributed by atoms with Gasteiger partial charge in [-0.2, -0.15) is 5.10 Å². The van der Waals surface area contributed by atoms with Gasteiger partial charge in [0.25, 0.3) is 0 Å². The zero-order valence-corrected chi connectivity index (χ0v) is 22.2. The average Bonchev–Trinajstić information content (AvgIpc) is 3.74. The predicted octanol–water partition coefficient (Wildman–Crippen LogP) is 7.07. The molecule has 8 nitrogen and oxygen atoms in total. The molecule has 5 heterocycles. The van der Waals surface area contributed by atoms with Gasteiger partial charge in [0, 0.05) is 23.3 Å². The number of nitrogens with one attached hydrogen (secondary N) is 2. The van der Waals surface area contributed by atoms with E-state index < -0.39 is 0 Å². The number of rotatable bonds is 7. The first-order valence-electron chi connectivity index (χ1n) is 12.7. The van der Waals surface area contributed by atoms with Gasteiger partial charge < -0.3 is 9.72 Å². The summed E-state index contributed by atoms with van der Waals surface area (Å²) >= 11 is 1.42. The van der Waals surface area contributed by atoms with Crippen molar-refractivity contribution in [3.63, 3.8) is 0 Å². The average molecular weight is 543 g/mol. The molecule has 194 valence electrons. The molecule has 0 aliphatic rings. The van der Waals surface area contributed by atoms with Crippen LogP contribution in [0.2, 0.25) is 0 Å². The van der Waals surface area contributed by atoms with Crippen LogP contribution in [0.1, 0.15) is 22.2 Å². The molecule has 0 spiro atoms. The lowest BCUT2D eigenvalue weighted by Gasteiger charge is -2.08. The van der Waals surface area contributed by atoms with Crippen molar-refractivity contribution >= 4 is 39.1 Å². The van der Waals surface area contributed by atoms with Crippen molar-refractivity contribution in [1.82, 2.24) is 30.1 Å². The first-order chi connectivity index (χ1) is 19.6. The second kappa shape index (κ2) is 9.87. The number of thiophene rings is 1. The van der Waals surface area contributed by atoms with E-state index in [9.17, 15) is 4.79 Å². The molecule has 0 bridgehead atoms. The summed E-state index contributed by atoms with van der Waals surface area (Å²) in [5.74, 6) is 1.37. The highest BCUT2D eigenvalue weighted by atomic mass is 32.1. The van der Waals surface area contributed by atoms with Crippen LogP contribution in [-0.4, -0.2) is 35.9 Å². The number of carbonyl (C=O) groups is 1. The third kappa shape index (κ3) is 4.42. The molecule has 0 aliphatic carbocycles. The zero-order valence-electron chi connectivity index (χ0n) is 21.4. The summed E-state index contributed by atoms with van der Waals surface area (Å²) in [5.41, 5.74) is 6.94. The minimum absolute atomic E-state index is 0.0356. The number of nitrogens with zero attached hydrogens (tertiary/aromatic N) is 4. The summed E-state index contributed by atoms with van der Waals surface area (Å²) in [6.07, 6.45) is 5.29. The van der Waals surface area contributed by atoms with Gasteiger partial charge in [-0.05, 0) is 54.4 Å². The Labute approximate surface area is 232 Å². The number of pyridine rings is 2. The Morgan fingerprint density at radius 1 is 0.925 bits per heavy atom. The number of imidazole rings is 1. The van der Waals surface area contributed by atoms with E-state index in [1.54, 1.807) is 19.3 Å². The highest BCUT2D eigenvalue weighted by Gasteiger charge is 2.18. The number of ether oxygens (including phenoxy) is 1. The normalized spacial score (nSPS) is 11.3. The Kier molecular flexibility index (Phi) is 5.90. The Balaban J connectivity index is 1.23. The number of H-pyrrole nitrogens is 2. The molecule has 2 N–H and O–H groups in total. The van der Waals surface area contributed by atoms with Crippen LogP contribution in [0.25, 0.3) is 55.2 Å². The highest BCUT2D eigenvalue weighted by molar-refractivity contribution is 7.17. The molecule has 0 amide bonds. The van der Waals surface area contributed by atoms with Crippen LogP contribution in [0.15, 0.2) is 91.4 Å². The summed E-state index contributed by atoms with van der Waals surface area (Å²) < 4.78 is 6.00. The monoisotopic (exact) mass is 542 g/mol. The van der Waals surface area contributed by atoms with Crippen LogP contribution in [0.5, 0.6) is 5.75 Å². The Hall–Kier alpha value is -5.15. The van der Waals surface area contributed by atoms with Gasteiger partial charge in [0.05, 0.1) is 27.0 Å². The molecule has 0 saturated carbocycles. The molecule has 7 aromatic rings. The summed E-state index contributed by atoms with van der Waals surface area (Å²) in [6.45, 7) is 2.04. The molecule has 0 radical (unpaired) electrons. The van der Waals surface area contributed by atoms with Crippen LogP contribution in [0, 0.1) is 0 Å². The number of aromatic nitrogens is 6. The summed E-state index contributed by atoms with van der Waals surface area (Å²) in [5, 5.41) is 8.63. The first-order valence-corrected chi connectivity index (χ1v) is 13.5. The van der Waals surface area contributed by atoms with Crippen molar-refractivity contribution in [2.75, 3.05) is 0 Å². The van der Waals surface area contributed by atoms with Gasteiger partial charge in [-0.3, -0.25) is 19.9 Å². The third-order valence-corrected chi connectivity index (χ3v) is 7.86. The van der Waals surface area contributed by atoms with Gasteiger partial charge in [-0.25, -0.2) is 4.98 Å². The van der Waals surface area contributed by atoms with E-state index in [0.29, 0.717) is 28.8 Å². The van der Waals surface area contributed by atoms with Crippen LogP contribution in [0.3, 0.4) is 0 Å². The van der Waals surface area contributed by atoms with Gasteiger partial charge >= 0.3 is 0 Å². The van der Waals surface area contributed by atoms with E-state index in [0.717, 1.165) is 49.2 Å². The fourth-order valence-corrected chi connectivity index (χ4v) is 5.55. The van der Waals surface area contributed by atoms with Crippen molar-refractivity contribution in [3.05, 3.63) is 102 Å². The number of carbonyl (C=O) groups excluding carboxylic acids is 1. The maximum atomic E-state index is 11.8. The lowest BCUT2D eigenvalue weighted by molar-refractivity contribution is 0.102. The second-order valence-corrected chi connectivity index (χ2v) is 10.5. The smallest absolute Gasteiger partial charge is 0.169 e. The SMILES string of the molecule is CC(=O)c1ccc(-c2nccc3[nH]c(-c4n[nH]c5ccc(-c6cncc(OCc7ccccc7)c6)cc45)nc23)s1. The molecule has 0 unspecified atom stereocenters.